The van der Waals surface area contributed by atoms with Gasteiger partial charge in [0.25, 0.3) is 5.69 Å². The number of hydrogen-bond acceptors (Lipinski definition) is 5. The van der Waals surface area contributed by atoms with Crippen molar-refractivity contribution < 1.29 is 19.5 Å². The Morgan fingerprint density at radius 2 is 1.62 bits per heavy atom. The molecule has 0 saturated carbocycles. The van der Waals surface area contributed by atoms with E-state index in [1.165, 1.54) is 20.3 Å². The third-order valence-electron chi connectivity index (χ3n) is 3.86. The zero-order valence-electron chi connectivity index (χ0n) is 14.1. The van der Waals surface area contributed by atoms with E-state index in [1.807, 2.05) is 0 Å². The van der Waals surface area contributed by atoms with E-state index in [0.29, 0.717) is 22.6 Å². The number of methoxy groups -OCH3 is 2. The summed E-state index contributed by atoms with van der Waals surface area (Å²) in [6.45, 7) is 3.25. The van der Waals surface area contributed by atoms with E-state index in [1.54, 1.807) is 50.2 Å². The first-order valence-electron chi connectivity index (χ1n) is 7.46. The molecule has 0 radical (unpaired) electrons. The SMILES string of the molecule is COc1cc(OC)cc(C(c2ccccc2[N+](=O)[O-])C(C)(C)O)c1. The lowest BCUT2D eigenvalue weighted by atomic mass is 9.78. The summed E-state index contributed by atoms with van der Waals surface area (Å²) in [5.74, 6) is 0.484. The van der Waals surface area contributed by atoms with Crippen molar-refractivity contribution in [2.45, 2.75) is 25.4 Å². The van der Waals surface area contributed by atoms with Gasteiger partial charge in [-0.2, -0.15) is 0 Å². The smallest absolute Gasteiger partial charge is 0.273 e. The van der Waals surface area contributed by atoms with Crippen molar-refractivity contribution in [3.8, 4) is 11.5 Å². The van der Waals surface area contributed by atoms with E-state index < -0.39 is 16.4 Å². The maximum Gasteiger partial charge on any atom is 0.273 e. The number of nitro groups is 1. The standard InChI is InChI=1S/C18H21NO5/c1-18(2,20)17(15-7-5-6-8-16(15)19(21)22)12-9-13(23-3)11-14(10-12)24-4/h5-11,17,20H,1-4H3. The van der Waals surface area contributed by atoms with Crippen LogP contribution in [0.2, 0.25) is 0 Å². The summed E-state index contributed by atoms with van der Waals surface area (Å²) in [6.07, 6.45) is 0. The summed E-state index contributed by atoms with van der Waals surface area (Å²) in [4.78, 5) is 11.0. The molecular weight excluding hydrogens is 310 g/mol. The number of nitro benzene ring substituents is 1. The zero-order valence-corrected chi connectivity index (χ0v) is 14.1. The van der Waals surface area contributed by atoms with Crippen LogP contribution >= 0.6 is 0 Å². The fourth-order valence-electron chi connectivity index (χ4n) is 2.86. The molecule has 24 heavy (non-hydrogen) atoms. The maximum absolute atomic E-state index is 11.4. The van der Waals surface area contributed by atoms with Gasteiger partial charge in [0, 0.05) is 23.6 Å². The molecule has 1 unspecified atom stereocenters. The Kier molecular flexibility index (Phi) is 5.09. The molecule has 1 atom stereocenters. The van der Waals surface area contributed by atoms with E-state index in [4.69, 9.17) is 9.47 Å². The molecule has 2 aromatic rings. The van der Waals surface area contributed by atoms with Gasteiger partial charge in [-0.3, -0.25) is 10.1 Å². The molecule has 6 nitrogen and oxygen atoms in total. The maximum atomic E-state index is 11.4. The molecule has 0 amide bonds. The summed E-state index contributed by atoms with van der Waals surface area (Å²) < 4.78 is 10.6. The Bertz CT molecular complexity index is 714. The van der Waals surface area contributed by atoms with Crippen molar-refractivity contribution in [2.75, 3.05) is 14.2 Å². The molecule has 0 bridgehead atoms. The van der Waals surface area contributed by atoms with Crippen LogP contribution in [0, 0.1) is 10.1 Å². The number of benzene rings is 2. The molecule has 6 heteroatoms. The van der Waals surface area contributed by atoms with Crippen LogP contribution in [-0.2, 0) is 0 Å². The normalized spacial score (nSPS) is 12.5. The molecular formula is C18H21NO5. The van der Waals surface area contributed by atoms with Crippen LogP contribution < -0.4 is 9.47 Å². The van der Waals surface area contributed by atoms with Crippen molar-refractivity contribution in [1.82, 2.24) is 0 Å². The van der Waals surface area contributed by atoms with Gasteiger partial charge in [0.15, 0.2) is 0 Å². The Morgan fingerprint density at radius 3 is 2.08 bits per heavy atom. The van der Waals surface area contributed by atoms with Crippen molar-refractivity contribution in [3.63, 3.8) is 0 Å². The Hall–Kier alpha value is -2.60. The molecule has 1 N–H and O–H groups in total. The van der Waals surface area contributed by atoms with E-state index in [9.17, 15) is 15.2 Å². The van der Waals surface area contributed by atoms with Gasteiger partial charge in [-0.05, 0) is 31.5 Å². The monoisotopic (exact) mass is 331 g/mol. The van der Waals surface area contributed by atoms with Crippen LogP contribution in [0.3, 0.4) is 0 Å². The summed E-state index contributed by atoms with van der Waals surface area (Å²) in [5, 5.41) is 22.1. The van der Waals surface area contributed by atoms with Crippen LogP contribution in [0.1, 0.15) is 30.9 Å². The first-order valence-corrected chi connectivity index (χ1v) is 7.46. The second-order valence-corrected chi connectivity index (χ2v) is 6.05. The number of ether oxygens (including phenoxy) is 2. The summed E-state index contributed by atoms with van der Waals surface area (Å²) in [7, 11) is 3.06. The number of para-hydroxylation sites is 1. The Balaban J connectivity index is 2.70. The second-order valence-electron chi connectivity index (χ2n) is 6.05. The molecule has 2 rings (SSSR count). The topological polar surface area (TPSA) is 81.8 Å². The number of hydrogen-bond donors (Lipinski definition) is 1. The predicted molar refractivity (Wildman–Crippen MR) is 90.8 cm³/mol. The quantitative estimate of drug-likeness (QED) is 0.647. The Morgan fingerprint density at radius 1 is 1.08 bits per heavy atom. The molecule has 0 aliphatic carbocycles. The first-order chi connectivity index (χ1) is 11.3. The van der Waals surface area contributed by atoms with Crippen molar-refractivity contribution in [2.24, 2.45) is 0 Å². The molecule has 0 aliphatic heterocycles. The van der Waals surface area contributed by atoms with Crippen LogP contribution in [0.5, 0.6) is 11.5 Å². The minimum atomic E-state index is -1.23. The van der Waals surface area contributed by atoms with Gasteiger partial charge in [-0.25, -0.2) is 0 Å². The van der Waals surface area contributed by atoms with Gasteiger partial charge in [-0.15, -0.1) is 0 Å². The van der Waals surface area contributed by atoms with Gasteiger partial charge in [-0.1, -0.05) is 18.2 Å². The molecule has 0 fully saturated rings. The largest absolute Gasteiger partial charge is 0.497 e. The van der Waals surface area contributed by atoms with Crippen LogP contribution in [0.4, 0.5) is 5.69 Å². The highest BCUT2D eigenvalue weighted by Gasteiger charge is 2.35. The van der Waals surface area contributed by atoms with Gasteiger partial charge in [0.2, 0.25) is 0 Å². The summed E-state index contributed by atoms with van der Waals surface area (Å²) >= 11 is 0. The van der Waals surface area contributed by atoms with E-state index in [0.717, 1.165) is 0 Å². The van der Waals surface area contributed by atoms with E-state index in [2.05, 4.69) is 0 Å². The minimum absolute atomic E-state index is 0.0357. The van der Waals surface area contributed by atoms with E-state index >= 15 is 0 Å². The number of nitrogens with zero attached hydrogens (tertiary/aromatic N) is 1. The fourth-order valence-corrected chi connectivity index (χ4v) is 2.86. The summed E-state index contributed by atoms with van der Waals surface area (Å²) in [6, 6.07) is 11.6. The molecule has 128 valence electrons. The van der Waals surface area contributed by atoms with Crippen molar-refractivity contribution in [3.05, 3.63) is 63.7 Å². The molecule has 2 aromatic carbocycles. The minimum Gasteiger partial charge on any atom is -0.497 e. The molecule has 0 aromatic heterocycles. The third kappa shape index (κ3) is 3.65. The molecule has 0 heterocycles. The highest BCUT2D eigenvalue weighted by molar-refractivity contribution is 5.51. The lowest BCUT2D eigenvalue weighted by molar-refractivity contribution is -0.385. The lowest BCUT2D eigenvalue weighted by Crippen LogP contribution is -2.30. The van der Waals surface area contributed by atoms with Crippen LogP contribution in [0.15, 0.2) is 42.5 Å². The summed E-state index contributed by atoms with van der Waals surface area (Å²) in [5.41, 5.74) is -0.159. The zero-order chi connectivity index (χ0) is 17.9. The number of aliphatic hydroxyl groups is 1. The van der Waals surface area contributed by atoms with E-state index in [-0.39, 0.29) is 5.69 Å². The van der Waals surface area contributed by atoms with Crippen molar-refractivity contribution in [1.29, 1.82) is 0 Å². The predicted octanol–water partition coefficient (Wildman–Crippen LogP) is 3.51. The lowest BCUT2D eigenvalue weighted by Gasteiger charge is -2.30. The molecule has 0 spiro atoms. The van der Waals surface area contributed by atoms with Gasteiger partial charge >= 0.3 is 0 Å². The molecule has 0 aliphatic rings. The first kappa shape index (κ1) is 17.7. The number of rotatable bonds is 6. The van der Waals surface area contributed by atoms with Gasteiger partial charge in [0.1, 0.15) is 11.5 Å². The van der Waals surface area contributed by atoms with Gasteiger partial charge in [0.05, 0.1) is 24.7 Å². The molecule has 0 saturated heterocycles. The third-order valence-corrected chi connectivity index (χ3v) is 3.86. The Labute approximate surface area is 140 Å². The average Bonchev–Trinajstić information content (AvgIpc) is 2.53. The fraction of sp³-hybridized carbons (Fsp3) is 0.333. The average molecular weight is 331 g/mol. The van der Waals surface area contributed by atoms with Crippen molar-refractivity contribution >= 4 is 5.69 Å². The highest BCUT2D eigenvalue weighted by Crippen LogP contribution is 2.41. The van der Waals surface area contributed by atoms with Crippen LogP contribution in [-0.4, -0.2) is 29.9 Å². The van der Waals surface area contributed by atoms with Crippen LogP contribution in [0.25, 0.3) is 0 Å². The van der Waals surface area contributed by atoms with Gasteiger partial charge < -0.3 is 14.6 Å². The second kappa shape index (κ2) is 6.88. The highest BCUT2D eigenvalue weighted by atomic mass is 16.6.